The highest BCUT2D eigenvalue weighted by Gasteiger charge is 2.04. The SMILES string of the molecule is c1ccc2c(CNc3ccsc3)coc2c1. The predicted octanol–water partition coefficient (Wildman–Crippen LogP) is 4.11. The molecule has 3 aromatic rings. The molecule has 0 fully saturated rings. The summed E-state index contributed by atoms with van der Waals surface area (Å²) >= 11 is 1.69. The summed E-state index contributed by atoms with van der Waals surface area (Å²) in [6.07, 6.45) is 1.82. The highest BCUT2D eigenvalue weighted by atomic mass is 32.1. The van der Waals surface area contributed by atoms with Gasteiger partial charge in [-0.1, -0.05) is 18.2 Å². The smallest absolute Gasteiger partial charge is 0.134 e. The lowest BCUT2D eigenvalue weighted by Crippen LogP contribution is -1.96. The van der Waals surface area contributed by atoms with Crippen LogP contribution in [-0.4, -0.2) is 0 Å². The molecule has 2 aromatic heterocycles. The minimum atomic E-state index is 0.799. The van der Waals surface area contributed by atoms with Crippen molar-refractivity contribution in [3.63, 3.8) is 0 Å². The molecule has 0 amide bonds. The second kappa shape index (κ2) is 4.02. The number of hydrogen-bond acceptors (Lipinski definition) is 3. The molecular formula is C13H11NOS. The molecule has 1 N–H and O–H groups in total. The van der Waals surface area contributed by atoms with Crippen LogP contribution in [0.15, 0.2) is 51.8 Å². The number of fused-ring (bicyclic) bond motifs is 1. The summed E-state index contributed by atoms with van der Waals surface area (Å²) in [5.74, 6) is 0. The molecule has 16 heavy (non-hydrogen) atoms. The zero-order chi connectivity index (χ0) is 10.8. The zero-order valence-corrected chi connectivity index (χ0v) is 9.46. The standard InChI is InChI=1S/C13H11NOS/c1-2-4-13-12(3-1)10(8-15-13)7-14-11-5-6-16-9-11/h1-6,8-9,14H,7H2. The first-order chi connectivity index (χ1) is 7.93. The minimum Gasteiger partial charge on any atom is -0.464 e. The van der Waals surface area contributed by atoms with Crippen LogP contribution in [0.2, 0.25) is 0 Å². The summed E-state index contributed by atoms with van der Waals surface area (Å²) in [6, 6.07) is 10.2. The van der Waals surface area contributed by atoms with Gasteiger partial charge >= 0.3 is 0 Å². The molecule has 0 unspecified atom stereocenters. The first-order valence-electron chi connectivity index (χ1n) is 5.15. The van der Waals surface area contributed by atoms with Gasteiger partial charge in [0, 0.05) is 28.6 Å². The second-order valence-electron chi connectivity index (χ2n) is 3.62. The number of hydrogen-bond donors (Lipinski definition) is 1. The van der Waals surface area contributed by atoms with Gasteiger partial charge in [0.25, 0.3) is 0 Å². The van der Waals surface area contributed by atoms with E-state index < -0.39 is 0 Å². The zero-order valence-electron chi connectivity index (χ0n) is 8.64. The minimum absolute atomic E-state index is 0.799. The molecule has 3 heteroatoms. The summed E-state index contributed by atoms with van der Waals surface area (Å²) in [6.45, 7) is 0.799. The Morgan fingerprint density at radius 2 is 2.12 bits per heavy atom. The van der Waals surface area contributed by atoms with Gasteiger partial charge in [0.15, 0.2) is 0 Å². The van der Waals surface area contributed by atoms with Gasteiger partial charge in [0.05, 0.1) is 6.26 Å². The quantitative estimate of drug-likeness (QED) is 0.731. The van der Waals surface area contributed by atoms with Crippen molar-refractivity contribution in [2.75, 3.05) is 5.32 Å². The average molecular weight is 229 g/mol. The summed E-state index contributed by atoms with van der Waals surface area (Å²) in [5.41, 5.74) is 3.31. The van der Waals surface area contributed by atoms with E-state index in [0.29, 0.717) is 0 Å². The van der Waals surface area contributed by atoms with Crippen molar-refractivity contribution in [2.24, 2.45) is 0 Å². The van der Waals surface area contributed by atoms with Crippen molar-refractivity contribution < 1.29 is 4.42 Å². The van der Waals surface area contributed by atoms with Gasteiger partial charge in [-0.3, -0.25) is 0 Å². The maximum atomic E-state index is 5.48. The Morgan fingerprint density at radius 3 is 3.00 bits per heavy atom. The molecule has 0 aliphatic heterocycles. The lowest BCUT2D eigenvalue weighted by atomic mass is 10.2. The Kier molecular flexibility index (Phi) is 2.38. The molecule has 0 saturated heterocycles. The Morgan fingerprint density at radius 1 is 1.19 bits per heavy atom. The van der Waals surface area contributed by atoms with Gasteiger partial charge in [-0.15, -0.1) is 0 Å². The lowest BCUT2D eigenvalue weighted by Gasteiger charge is -2.01. The predicted molar refractivity (Wildman–Crippen MR) is 67.9 cm³/mol. The van der Waals surface area contributed by atoms with Crippen LogP contribution >= 0.6 is 11.3 Å². The van der Waals surface area contributed by atoms with Gasteiger partial charge in [-0.05, 0) is 17.5 Å². The monoisotopic (exact) mass is 229 g/mol. The number of furan rings is 1. The van der Waals surface area contributed by atoms with Crippen LogP contribution in [0.4, 0.5) is 5.69 Å². The number of thiophene rings is 1. The van der Waals surface area contributed by atoms with E-state index in [0.717, 1.165) is 17.8 Å². The van der Waals surface area contributed by atoms with E-state index in [2.05, 4.69) is 28.2 Å². The molecule has 2 nitrogen and oxygen atoms in total. The average Bonchev–Trinajstić information content (AvgIpc) is 2.96. The normalized spacial score (nSPS) is 10.8. The van der Waals surface area contributed by atoms with Gasteiger partial charge in [0.2, 0.25) is 0 Å². The molecule has 2 heterocycles. The molecule has 0 radical (unpaired) electrons. The summed E-state index contributed by atoms with van der Waals surface area (Å²) in [4.78, 5) is 0. The fourth-order valence-electron chi connectivity index (χ4n) is 1.73. The van der Waals surface area contributed by atoms with Crippen LogP contribution in [0, 0.1) is 0 Å². The van der Waals surface area contributed by atoms with Crippen molar-refractivity contribution in [2.45, 2.75) is 6.54 Å². The lowest BCUT2D eigenvalue weighted by molar-refractivity contribution is 0.611. The van der Waals surface area contributed by atoms with Crippen molar-refractivity contribution >= 4 is 28.0 Å². The van der Waals surface area contributed by atoms with Gasteiger partial charge in [-0.2, -0.15) is 11.3 Å². The Labute approximate surface area is 97.5 Å². The van der Waals surface area contributed by atoms with E-state index in [1.54, 1.807) is 11.3 Å². The van der Waals surface area contributed by atoms with Crippen molar-refractivity contribution in [3.8, 4) is 0 Å². The number of para-hydroxylation sites is 1. The number of benzene rings is 1. The van der Waals surface area contributed by atoms with Gasteiger partial charge in [0.1, 0.15) is 5.58 Å². The van der Waals surface area contributed by atoms with Crippen molar-refractivity contribution in [1.29, 1.82) is 0 Å². The van der Waals surface area contributed by atoms with Crippen LogP contribution in [0.3, 0.4) is 0 Å². The van der Waals surface area contributed by atoms with E-state index in [4.69, 9.17) is 4.42 Å². The summed E-state index contributed by atoms with van der Waals surface area (Å²) < 4.78 is 5.48. The molecular weight excluding hydrogens is 218 g/mol. The molecule has 1 aromatic carbocycles. The molecule has 0 aliphatic rings. The van der Waals surface area contributed by atoms with Crippen molar-refractivity contribution in [1.82, 2.24) is 0 Å². The van der Waals surface area contributed by atoms with Gasteiger partial charge < -0.3 is 9.73 Å². The molecule has 0 aliphatic carbocycles. The third-order valence-corrected chi connectivity index (χ3v) is 3.25. The van der Waals surface area contributed by atoms with E-state index >= 15 is 0 Å². The molecule has 0 saturated carbocycles. The highest BCUT2D eigenvalue weighted by molar-refractivity contribution is 7.08. The third-order valence-electron chi connectivity index (χ3n) is 2.57. The first kappa shape index (κ1) is 9.48. The molecule has 3 rings (SSSR count). The van der Waals surface area contributed by atoms with Gasteiger partial charge in [-0.25, -0.2) is 0 Å². The second-order valence-corrected chi connectivity index (χ2v) is 4.40. The van der Waals surface area contributed by atoms with Crippen LogP contribution in [0.5, 0.6) is 0 Å². The largest absolute Gasteiger partial charge is 0.464 e. The van der Waals surface area contributed by atoms with E-state index in [1.165, 1.54) is 10.9 Å². The number of nitrogens with one attached hydrogen (secondary N) is 1. The van der Waals surface area contributed by atoms with E-state index in [1.807, 2.05) is 24.5 Å². The Balaban J connectivity index is 1.84. The van der Waals surface area contributed by atoms with Crippen LogP contribution in [0.1, 0.15) is 5.56 Å². The van der Waals surface area contributed by atoms with Crippen LogP contribution < -0.4 is 5.32 Å². The molecule has 0 atom stereocenters. The van der Waals surface area contributed by atoms with Crippen LogP contribution in [0.25, 0.3) is 11.0 Å². The Hall–Kier alpha value is -1.74. The fourth-order valence-corrected chi connectivity index (χ4v) is 2.34. The maximum Gasteiger partial charge on any atom is 0.134 e. The fraction of sp³-hybridized carbons (Fsp3) is 0.0769. The summed E-state index contributed by atoms with van der Waals surface area (Å²) in [7, 11) is 0. The summed E-state index contributed by atoms with van der Waals surface area (Å²) in [5, 5.41) is 8.72. The molecule has 0 bridgehead atoms. The highest BCUT2D eigenvalue weighted by Crippen LogP contribution is 2.22. The maximum absolute atomic E-state index is 5.48. The number of anilines is 1. The topological polar surface area (TPSA) is 25.2 Å². The third kappa shape index (κ3) is 1.70. The van der Waals surface area contributed by atoms with Crippen LogP contribution in [-0.2, 0) is 6.54 Å². The Bertz CT molecular complexity index is 583. The molecule has 80 valence electrons. The van der Waals surface area contributed by atoms with Crippen molar-refractivity contribution in [3.05, 3.63) is 52.9 Å². The first-order valence-corrected chi connectivity index (χ1v) is 6.09. The molecule has 0 spiro atoms. The van der Waals surface area contributed by atoms with E-state index in [-0.39, 0.29) is 0 Å². The van der Waals surface area contributed by atoms with E-state index in [9.17, 15) is 0 Å². The number of rotatable bonds is 3.